The highest BCUT2D eigenvalue weighted by Crippen LogP contribution is 2.36. The van der Waals surface area contributed by atoms with E-state index in [1.54, 1.807) is 13.0 Å². The first kappa shape index (κ1) is 18.6. The Morgan fingerprint density at radius 2 is 2.04 bits per heavy atom. The largest absolute Gasteiger partial charge is 0.360 e. The number of thiazole rings is 1. The van der Waals surface area contributed by atoms with Gasteiger partial charge < -0.3 is 4.52 Å². The van der Waals surface area contributed by atoms with Crippen molar-refractivity contribution >= 4 is 44.2 Å². The summed E-state index contributed by atoms with van der Waals surface area (Å²) in [5, 5.41) is 4.63. The Balaban J connectivity index is 1.82. The van der Waals surface area contributed by atoms with Gasteiger partial charge in [-0.3, -0.25) is 9.69 Å². The van der Waals surface area contributed by atoms with Crippen molar-refractivity contribution in [3.63, 3.8) is 0 Å². The Bertz CT molecular complexity index is 1130. The number of halogens is 2. The number of anilines is 1. The minimum absolute atomic E-state index is 0.0460. The van der Waals surface area contributed by atoms with E-state index in [0.29, 0.717) is 17.4 Å². The molecule has 0 unspecified atom stereocenters. The summed E-state index contributed by atoms with van der Waals surface area (Å²) in [5.74, 6) is -0.647. The van der Waals surface area contributed by atoms with E-state index in [1.165, 1.54) is 28.4 Å². The maximum atomic E-state index is 14.4. The summed E-state index contributed by atoms with van der Waals surface area (Å²) >= 11 is 7.59. The van der Waals surface area contributed by atoms with Gasteiger partial charge in [0.15, 0.2) is 5.13 Å². The number of hydrogen-bond acceptors (Lipinski definition) is 5. The predicted octanol–water partition coefficient (Wildman–Crippen LogP) is 5.72. The summed E-state index contributed by atoms with van der Waals surface area (Å²) in [4.78, 5) is 19.5. The number of fused-ring (bicyclic) bond motifs is 1. The van der Waals surface area contributed by atoms with Crippen molar-refractivity contribution in [3.8, 4) is 11.3 Å². The zero-order valence-corrected chi connectivity index (χ0v) is 16.6. The van der Waals surface area contributed by atoms with E-state index in [4.69, 9.17) is 16.1 Å². The van der Waals surface area contributed by atoms with Gasteiger partial charge in [0.25, 0.3) is 5.91 Å². The van der Waals surface area contributed by atoms with Crippen molar-refractivity contribution < 1.29 is 13.7 Å². The Morgan fingerprint density at radius 1 is 1.25 bits per heavy atom. The minimum atomic E-state index is -0.571. The molecule has 8 heteroatoms. The van der Waals surface area contributed by atoms with Crippen LogP contribution in [0.5, 0.6) is 0 Å². The Labute approximate surface area is 169 Å². The van der Waals surface area contributed by atoms with E-state index in [2.05, 4.69) is 10.1 Å². The number of aromatic nitrogens is 2. The van der Waals surface area contributed by atoms with E-state index in [-0.39, 0.29) is 27.8 Å². The highest BCUT2D eigenvalue weighted by Gasteiger charge is 2.30. The predicted molar refractivity (Wildman–Crippen MR) is 109 cm³/mol. The smallest absolute Gasteiger partial charge is 0.265 e. The highest BCUT2D eigenvalue weighted by atomic mass is 35.5. The summed E-state index contributed by atoms with van der Waals surface area (Å²) in [6.07, 6.45) is 0. The first-order chi connectivity index (χ1) is 13.5. The average Bonchev–Trinajstić information content (AvgIpc) is 3.25. The molecule has 0 saturated carbocycles. The molecule has 0 bridgehead atoms. The maximum absolute atomic E-state index is 14.4. The molecule has 28 heavy (non-hydrogen) atoms. The Morgan fingerprint density at radius 3 is 2.75 bits per heavy atom. The van der Waals surface area contributed by atoms with E-state index in [1.807, 2.05) is 31.2 Å². The normalized spacial score (nSPS) is 11.1. The van der Waals surface area contributed by atoms with Crippen molar-refractivity contribution in [2.24, 2.45) is 0 Å². The van der Waals surface area contributed by atoms with Gasteiger partial charge in [-0.2, -0.15) is 0 Å². The number of carbonyl (C=O) groups excluding carboxylic acids is 1. The van der Waals surface area contributed by atoms with E-state index in [0.717, 1.165) is 10.2 Å². The third-order valence-electron chi connectivity index (χ3n) is 4.35. The first-order valence-electron chi connectivity index (χ1n) is 8.59. The lowest BCUT2D eigenvalue weighted by Crippen LogP contribution is -2.31. The minimum Gasteiger partial charge on any atom is -0.360 e. The molecule has 0 aliphatic heterocycles. The van der Waals surface area contributed by atoms with Gasteiger partial charge in [-0.1, -0.05) is 46.3 Å². The molecule has 4 rings (SSSR count). The Kier molecular flexibility index (Phi) is 4.87. The highest BCUT2D eigenvalue weighted by molar-refractivity contribution is 7.22. The van der Waals surface area contributed by atoms with Gasteiger partial charge in [0.2, 0.25) is 0 Å². The van der Waals surface area contributed by atoms with Crippen LogP contribution in [0.2, 0.25) is 5.02 Å². The van der Waals surface area contributed by atoms with E-state index >= 15 is 0 Å². The topological polar surface area (TPSA) is 59.2 Å². The molecule has 0 saturated heterocycles. The van der Waals surface area contributed by atoms with Crippen LogP contribution in [-0.2, 0) is 0 Å². The van der Waals surface area contributed by atoms with E-state index in [9.17, 15) is 9.18 Å². The fourth-order valence-electron chi connectivity index (χ4n) is 2.99. The number of rotatable bonds is 4. The molecule has 0 aliphatic carbocycles. The molecule has 0 fully saturated rings. The zero-order chi connectivity index (χ0) is 19.8. The first-order valence-corrected chi connectivity index (χ1v) is 9.78. The van der Waals surface area contributed by atoms with Gasteiger partial charge in [0.1, 0.15) is 22.8 Å². The quantitative estimate of drug-likeness (QED) is 0.427. The lowest BCUT2D eigenvalue weighted by molar-refractivity contribution is 0.0987. The van der Waals surface area contributed by atoms with Crippen LogP contribution in [0, 0.1) is 12.7 Å². The molecule has 142 valence electrons. The van der Waals surface area contributed by atoms with Crippen LogP contribution in [-0.4, -0.2) is 22.6 Å². The molecular weight excluding hydrogens is 401 g/mol. The molecule has 0 N–H and O–H groups in total. The summed E-state index contributed by atoms with van der Waals surface area (Å²) in [6.45, 7) is 3.85. The molecule has 0 aliphatic rings. The van der Waals surface area contributed by atoms with Gasteiger partial charge in [-0.05, 0) is 38.1 Å². The molecule has 0 radical (unpaired) electrons. The van der Waals surface area contributed by atoms with E-state index < -0.39 is 5.82 Å². The maximum Gasteiger partial charge on any atom is 0.265 e. The standard InChI is InChI=1S/C20H15ClFN3O2S/c1-3-25(20-23-14-9-4-5-10-15(14)28-20)19(26)16-11(2)27-24-18(16)17-12(21)7-6-8-13(17)22/h4-10H,3H2,1-2H3. The lowest BCUT2D eigenvalue weighted by Gasteiger charge is -2.17. The number of para-hydroxylation sites is 1. The second-order valence-corrected chi connectivity index (χ2v) is 7.49. The third-order valence-corrected chi connectivity index (χ3v) is 5.73. The second-order valence-electron chi connectivity index (χ2n) is 6.07. The van der Waals surface area contributed by atoms with Gasteiger partial charge >= 0.3 is 0 Å². The van der Waals surface area contributed by atoms with Crippen molar-refractivity contribution in [3.05, 3.63) is 64.6 Å². The van der Waals surface area contributed by atoms with Crippen molar-refractivity contribution in [1.82, 2.24) is 10.1 Å². The van der Waals surface area contributed by atoms with Crippen molar-refractivity contribution in [2.45, 2.75) is 13.8 Å². The molecule has 5 nitrogen and oxygen atoms in total. The van der Waals surface area contributed by atoms with Crippen LogP contribution in [0.1, 0.15) is 23.0 Å². The summed E-state index contributed by atoms with van der Waals surface area (Å²) in [7, 11) is 0. The molecule has 2 aromatic heterocycles. The number of nitrogens with zero attached hydrogens (tertiary/aromatic N) is 3. The molecule has 4 aromatic rings. The van der Waals surface area contributed by atoms with Crippen LogP contribution in [0.4, 0.5) is 9.52 Å². The van der Waals surface area contributed by atoms with Crippen LogP contribution in [0.15, 0.2) is 47.0 Å². The molecule has 0 spiro atoms. The van der Waals surface area contributed by atoms with Crippen LogP contribution < -0.4 is 4.90 Å². The number of aryl methyl sites for hydroxylation is 1. The number of amides is 1. The molecule has 0 atom stereocenters. The van der Waals surface area contributed by atoms with Crippen molar-refractivity contribution in [1.29, 1.82) is 0 Å². The molecular formula is C20H15ClFN3O2S. The third kappa shape index (κ3) is 3.06. The van der Waals surface area contributed by atoms with Crippen LogP contribution >= 0.6 is 22.9 Å². The summed E-state index contributed by atoms with van der Waals surface area (Å²) in [5.41, 5.74) is 1.12. The van der Waals surface area contributed by atoms with Crippen LogP contribution in [0.3, 0.4) is 0 Å². The van der Waals surface area contributed by atoms with Gasteiger partial charge in [-0.15, -0.1) is 0 Å². The van der Waals surface area contributed by atoms with Gasteiger partial charge in [-0.25, -0.2) is 9.37 Å². The Hall–Kier alpha value is -2.77. The molecule has 2 heterocycles. The summed E-state index contributed by atoms with van der Waals surface area (Å²) in [6, 6.07) is 12.0. The average molecular weight is 416 g/mol. The molecule has 2 aromatic carbocycles. The summed E-state index contributed by atoms with van der Waals surface area (Å²) < 4.78 is 20.6. The molecule has 1 amide bonds. The lowest BCUT2D eigenvalue weighted by atomic mass is 10.0. The second kappa shape index (κ2) is 7.33. The number of benzene rings is 2. The zero-order valence-electron chi connectivity index (χ0n) is 15.1. The fraction of sp³-hybridized carbons (Fsp3) is 0.150. The monoisotopic (exact) mass is 415 g/mol. The number of carbonyl (C=O) groups is 1. The van der Waals surface area contributed by atoms with Crippen LogP contribution in [0.25, 0.3) is 21.5 Å². The fourth-order valence-corrected chi connectivity index (χ4v) is 4.28. The van der Waals surface area contributed by atoms with Gasteiger partial charge in [0.05, 0.1) is 20.8 Å². The SMILES string of the molecule is CCN(C(=O)c1c(-c2c(F)cccc2Cl)noc1C)c1nc2ccccc2s1. The number of hydrogen-bond donors (Lipinski definition) is 0. The van der Waals surface area contributed by atoms with Gasteiger partial charge in [0, 0.05) is 6.54 Å². The van der Waals surface area contributed by atoms with Crippen molar-refractivity contribution in [2.75, 3.05) is 11.4 Å².